The van der Waals surface area contributed by atoms with E-state index in [9.17, 15) is 9.59 Å². The van der Waals surface area contributed by atoms with Crippen LogP contribution >= 0.6 is 0 Å². The number of carbonyl (C=O) groups is 2. The monoisotopic (exact) mass is 357 g/mol. The number of amides is 1. The Morgan fingerprint density at radius 3 is 2.38 bits per heavy atom. The number of benzene rings is 2. The van der Waals surface area contributed by atoms with E-state index in [1.54, 1.807) is 24.3 Å². The number of carbonyl (C=O) groups excluding carboxylic acids is 2. The molecule has 1 N–H and O–H groups in total. The summed E-state index contributed by atoms with van der Waals surface area (Å²) in [5.74, 6) is 0.323. The average Bonchev–Trinajstić information content (AvgIpc) is 2.62. The van der Waals surface area contributed by atoms with Gasteiger partial charge in [-0.2, -0.15) is 0 Å². The van der Waals surface area contributed by atoms with E-state index in [1.165, 1.54) is 0 Å². The molecule has 0 saturated carbocycles. The van der Waals surface area contributed by atoms with Crippen LogP contribution in [0, 0.1) is 13.8 Å². The number of rotatable bonds is 8. The molecule has 0 atom stereocenters. The first-order valence-electron chi connectivity index (χ1n) is 8.36. The fraction of sp³-hybridized carbons (Fsp3) is 0.300. The maximum absolute atomic E-state index is 11.8. The molecule has 0 fully saturated rings. The van der Waals surface area contributed by atoms with Gasteiger partial charge in [0.15, 0.2) is 13.2 Å². The predicted octanol–water partition coefficient (Wildman–Crippen LogP) is 3.26. The maximum atomic E-state index is 11.8. The van der Waals surface area contributed by atoms with Crippen LogP contribution in [0.5, 0.6) is 11.5 Å². The Morgan fingerprint density at radius 2 is 1.69 bits per heavy atom. The minimum atomic E-state index is -0.604. The lowest BCUT2D eigenvalue weighted by atomic mass is 10.1. The quantitative estimate of drug-likeness (QED) is 0.734. The molecule has 138 valence electrons. The second-order valence-electron chi connectivity index (χ2n) is 5.72. The molecule has 0 radical (unpaired) electrons. The molecule has 2 aromatic rings. The van der Waals surface area contributed by atoms with Crippen LogP contribution in [0.1, 0.15) is 18.1 Å². The molecule has 26 heavy (non-hydrogen) atoms. The molecular weight excluding hydrogens is 334 g/mol. The molecule has 2 aromatic carbocycles. The first kappa shape index (κ1) is 19.3. The lowest BCUT2D eigenvalue weighted by Crippen LogP contribution is -2.23. The summed E-state index contributed by atoms with van der Waals surface area (Å²) in [5, 5.41) is 2.64. The zero-order valence-corrected chi connectivity index (χ0v) is 15.2. The van der Waals surface area contributed by atoms with Crippen molar-refractivity contribution in [1.82, 2.24) is 0 Å². The fourth-order valence-corrected chi connectivity index (χ4v) is 2.19. The van der Waals surface area contributed by atoms with E-state index in [0.717, 1.165) is 16.9 Å². The van der Waals surface area contributed by atoms with Crippen LogP contribution in [0.25, 0.3) is 0 Å². The van der Waals surface area contributed by atoms with E-state index in [0.29, 0.717) is 18.0 Å². The molecule has 0 aromatic heterocycles. The van der Waals surface area contributed by atoms with Gasteiger partial charge in [0.05, 0.1) is 6.61 Å². The van der Waals surface area contributed by atoms with Gasteiger partial charge >= 0.3 is 5.97 Å². The minimum absolute atomic E-state index is 0.249. The number of nitrogens with one attached hydrogen (secondary N) is 1. The van der Waals surface area contributed by atoms with Crippen molar-refractivity contribution < 1.29 is 23.8 Å². The third kappa shape index (κ3) is 6.12. The molecule has 0 aliphatic rings. The first-order valence-corrected chi connectivity index (χ1v) is 8.36. The summed E-state index contributed by atoms with van der Waals surface area (Å²) in [7, 11) is 0. The van der Waals surface area contributed by atoms with Crippen LogP contribution in [0.2, 0.25) is 0 Å². The van der Waals surface area contributed by atoms with E-state index < -0.39 is 11.9 Å². The number of aryl methyl sites for hydroxylation is 2. The molecule has 1 amide bonds. The van der Waals surface area contributed by atoms with Crippen molar-refractivity contribution >= 4 is 17.6 Å². The standard InChI is InChI=1S/C20H23NO5/c1-4-24-17-9-7-16(8-10-17)21-19(22)12-26-20(23)13-25-18-11-14(2)5-6-15(18)3/h5-11H,4,12-13H2,1-3H3,(H,21,22). The van der Waals surface area contributed by atoms with E-state index in [2.05, 4.69) is 5.32 Å². The van der Waals surface area contributed by atoms with Gasteiger partial charge in [-0.3, -0.25) is 4.79 Å². The van der Waals surface area contributed by atoms with Gasteiger partial charge in [-0.15, -0.1) is 0 Å². The van der Waals surface area contributed by atoms with Crippen molar-refractivity contribution in [2.24, 2.45) is 0 Å². The fourth-order valence-electron chi connectivity index (χ4n) is 2.19. The van der Waals surface area contributed by atoms with Crippen molar-refractivity contribution in [3.05, 3.63) is 53.6 Å². The van der Waals surface area contributed by atoms with Gasteiger partial charge in [-0.1, -0.05) is 12.1 Å². The van der Waals surface area contributed by atoms with Crippen molar-refractivity contribution in [3.63, 3.8) is 0 Å². The molecule has 2 rings (SSSR count). The summed E-state index contributed by atoms with van der Waals surface area (Å²) in [5.41, 5.74) is 2.56. The number of ether oxygens (including phenoxy) is 3. The summed E-state index contributed by atoms with van der Waals surface area (Å²) >= 11 is 0. The van der Waals surface area contributed by atoms with Gasteiger partial charge in [-0.25, -0.2) is 4.79 Å². The number of anilines is 1. The largest absolute Gasteiger partial charge is 0.494 e. The average molecular weight is 357 g/mol. The van der Waals surface area contributed by atoms with E-state index in [4.69, 9.17) is 14.2 Å². The highest BCUT2D eigenvalue weighted by molar-refractivity contribution is 5.92. The highest BCUT2D eigenvalue weighted by Gasteiger charge is 2.10. The molecule has 6 nitrogen and oxygen atoms in total. The summed E-state index contributed by atoms with van der Waals surface area (Å²) in [6.07, 6.45) is 0. The molecule has 0 heterocycles. The Bertz CT molecular complexity index is 755. The zero-order valence-electron chi connectivity index (χ0n) is 15.2. The van der Waals surface area contributed by atoms with Gasteiger partial charge in [-0.05, 0) is 62.2 Å². The van der Waals surface area contributed by atoms with E-state index in [1.807, 2.05) is 39.0 Å². The highest BCUT2D eigenvalue weighted by atomic mass is 16.6. The molecule has 0 saturated heterocycles. The summed E-state index contributed by atoms with van der Waals surface area (Å²) < 4.78 is 15.7. The lowest BCUT2D eigenvalue weighted by Gasteiger charge is -2.10. The summed E-state index contributed by atoms with van der Waals surface area (Å²) in [4.78, 5) is 23.6. The summed E-state index contributed by atoms with van der Waals surface area (Å²) in [6.45, 7) is 5.68. The van der Waals surface area contributed by atoms with Gasteiger partial charge in [0.1, 0.15) is 11.5 Å². The van der Waals surface area contributed by atoms with Crippen LogP contribution in [0.3, 0.4) is 0 Å². The minimum Gasteiger partial charge on any atom is -0.494 e. The van der Waals surface area contributed by atoms with E-state index in [-0.39, 0.29) is 13.2 Å². The predicted molar refractivity (Wildman–Crippen MR) is 98.6 cm³/mol. The Hall–Kier alpha value is -3.02. The van der Waals surface area contributed by atoms with Crippen LogP contribution < -0.4 is 14.8 Å². The topological polar surface area (TPSA) is 73.9 Å². The van der Waals surface area contributed by atoms with Crippen LogP contribution in [0.15, 0.2) is 42.5 Å². The van der Waals surface area contributed by atoms with Crippen molar-refractivity contribution in [1.29, 1.82) is 0 Å². The van der Waals surface area contributed by atoms with Crippen LogP contribution in [0.4, 0.5) is 5.69 Å². The van der Waals surface area contributed by atoms with Crippen molar-refractivity contribution in [2.45, 2.75) is 20.8 Å². The van der Waals surface area contributed by atoms with Crippen LogP contribution in [-0.4, -0.2) is 31.7 Å². The molecular formula is C20H23NO5. The van der Waals surface area contributed by atoms with Gasteiger partial charge in [0.2, 0.25) is 0 Å². The number of esters is 1. The third-order valence-corrected chi connectivity index (χ3v) is 3.50. The molecule has 0 aliphatic carbocycles. The normalized spacial score (nSPS) is 10.1. The first-order chi connectivity index (χ1) is 12.5. The summed E-state index contributed by atoms with van der Waals surface area (Å²) in [6, 6.07) is 12.7. The second kappa shape index (κ2) is 9.46. The molecule has 6 heteroatoms. The molecule has 0 bridgehead atoms. The maximum Gasteiger partial charge on any atom is 0.344 e. The number of hydrogen-bond donors (Lipinski definition) is 1. The second-order valence-corrected chi connectivity index (χ2v) is 5.72. The van der Waals surface area contributed by atoms with Gasteiger partial charge in [0.25, 0.3) is 5.91 Å². The Balaban J connectivity index is 1.74. The highest BCUT2D eigenvalue weighted by Crippen LogP contribution is 2.19. The molecule has 0 unspecified atom stereocenters. The van der Waals surface area contributed by atoms with Gasteiger partial charge in [0, 0.05) is 5.69 Å². The van der Waals surface area contributed by atoms with Crippen LogP contribution in [-0.2, 0) is 14.3 Å². The Kier molecular flexibility index (Phi) is 7.02. The Labute approximate surface area is 153 Å². The van der Waals surface area contributed by atoms with Crippen molar-refractivity contribution in [3.8, 4) is 11.5 Å². The molecule has 0 spiro atoms. The van der Waals surface area contributed by atoms with Gasteiger partial charge < -0.3 is 19.5 Å². The Morgan fingerprint density at radius 1 is 0.962 bits per heavy atom. The van der Waals surface area contributed by atoms with E-state index >= 15 is 0 Å². The zero-order chi connectivity index (χ0) is 18.9. The number of hydrogen-bond acceptors (Lipinski definition) is 5. The SMILES string of the molecule is CCOc1ccc(NC(=O)COC(=O)COc2cc(C)ccc2C)cc1. The lowest BCUT2D eigenvalue weighted by molar-refractivity contribution is -0.149. The van der Waals surface area contributed by atoms with Crippen molar-refractivity contribution in [2.75, 3.05) is 25.1 Å². The molecule has 0 aliphatic heterocycles. The third-order valence-electron chi connectivity index (χ3n) is 3.50. The smallest absolute Gasteiger partial charge is 0.344 e.